The lowest BCUT2D eigenvalue weighted by atomic mass is 9.85. The second-order valence-electron chi connectivity index (χ2n) is 8.69. The number of benzene rings is 1. The van der Waals surface area contributed by atoms with E-state index in [2.05, 4.69) is 40.2 Å². The molecular formula is C20H26ClN5O4S3. The summed E-state index contributed by atoms with van der Waals surface area (Å²) in [5.74, 6) is -0.218. The van der Waals surface area contributed by atoms with E-state index in [0.29, 0.717) is 0 Å². The van der Waals surface area contributed by atoms with Crippen molar-refractivity contribution in [3.8, 4) is 5.75 Å². The number of sulfonamides is 1. The summed E-state index contributed by atoms with van der Waals surface area (Å²) < 4.78 is 46.5. The maximum Gasteiger partial charge on any atom is 0.269 e. The fourth-order valence-corrected chi connectivity index (χ4v) is 6.38. The van der Waals surface area contributed by atoms with Gasteiger partial charge in [0.25, 0.3) is 11.2 Å². The lowest BCUT2D eigenvalue weighted by Crippen LogP contribution is -2.41. The van der Waals surface area contributed by atoms with Gasteiger partial charge in [-0.05, 0) is 36.6 Å². The van der Waals surface area contributed by atoms with Crippen LogP contribution in [0.15, 0.2) is 38.0 Å². The third-order valence-corrected chi connectivity index (χ3v) is 8.89. The third kappa shape index (κ3) is 5.40. The van der Waals surface area contributed by atoms with E-state index in [1.54, 1.807) is 11.3 Å². The van der Waals surface area contributed by atoms with Gasteiger partial charge in [-0.3, -0.25) is 0 Å². The number of aromatic hydroxyl groups is 1. The molecule has 0 bridgehead atoms. The van der Waals surface area contributed by atoms with Crippen molar-refractivity contribution in [2.75, 3.05) is 19.4 Å². The highest BCUT2D eigenvalue weighted by Gasteiger charge is 2.33. The number of phenolic OH excluding ortho intramolecular Hbond substituents is 1. The number of thiophene rings is 1. The smallest absolute Gasteiger partial charge is 0.269 e. The van der Waals surface area contributed by atoms with Crippen LogP contribution >= 0.6 is 22.9 Å². The van der Waals surface area contributed by atoms with E-state index >= 15 is 0 Å². The zero-order valence-corrected chi connectivity index (χ0v) is 22.2. The number of rotatable bonds is 5. The maximum atomic E-state index is 12.6. The highest BCUT2D eigenvalue weighted by molar-refractivity contribution is 7.89. The van der Waals surface area contributed by atoms with Crippen LogP contribution in [0, 0.1) is 12.3 Å². The van der Waals surface area contributed by atoms with E-state index in [0.717, 1.165) is 14.1 Å². The molecule has 0 aliphatic carbocycles. The average Bonchev–Trinajstić information content (AvgIpc) is 3.25. The molecule has 0 amide bonds. The molecule has 13 heteroatoms. The van der Waals surface area contributed by atoms with Gasteiger partial charge in [0.2, 0.25) is 10.0 Å². The molecule has 180 valence electrons. The molecular weight excluding hydrogens is 506 g/mol. The molecule has 1 aliphatic heterocycles. The van der Waals surface area contributed by atoms with Crippen molar-refractivity contribution >= 4 is 61.5 Å². The number of hydrogen-bond donors (Lipinski definition) is 3. The van der Waals surface area contributed by atoms with Crippen molar-refractivity contribution in [2.24, 2.45) is 14.2 Å². The first-order valence-electron chi connectivity index (χ1n) is 9.85. The summed E-state index contributed by atoms with van der Waals surface area (Å²) in [4.78, 5) is 1.80. The lowest BCUT2D eigenvalue weighted by Gasteiger charge is -2.31. The Labute approximate surface area is 205 Å². The Morgan fingerprint density at radius 1 is 1.15 bits per heavy atom. The summed E-state index contributed by atoms with van der Waals surface area (Å²) in [5.41, 5.74) is -0.184. The Morgan fingerprint density at radius 2 is 1.79 bits per heavy atom. The van der Waals surface area contributed by atoms with E-state index < -0.39 is 31.8 Å². The molecule has 9 nitrogen and oxygen atoms in total. The van der Waals surface area contributed by atoms with Crippen molar-refractivity contribution in [2.45, 2.75) is 38.6 Å². The predicted octanol–water partition coefficient (Wildman–Crippen LogP) is 3.84. The van der Waals surface area contributed by atoms with Crippen molar-refractivity contribution in [1.82, 2.24) is 9.62 Å². The minimum Gasteiger partial charge on any atom is -0.504 e. The maximum absolute atomic E-state index is 12.6. The van der Waals surface area contributed by atoms with Gasteiger partial charge in [0.05, 0.1) is 16.8 Å². The molecule has 0 saturated carbocycles. The number of aryl methyl sites for hydroxylation is 1. The molecule has 1 aliphatic rings. The summed E-state index contributed by atoms with van der Waals surface area (Å²) >= 11 is 5.85. The van der Waals surface area contributed by atoms with Gasteiger partial charge in [-0.1, -0.05) is 32.4 Å². The van der Waals surface area contributed by atoms with Crippen LogP contribution in [0.5, 0.6) is 5.75 Å². The number of anilines is 1. The molecule has 1 aromatic heterocycles. The Balaban J connectivity index is 1.96. The molecule has 2 aromatic rings. The third-order valence-electron chi connectivity index (χ3n) is 4.83. The standard InChI is InChI=1S/C20H26ClN5O4S3/c1-11-7-10-14(31-11)17(20(2,3)4)23-19-18(24-32(28)25-19)22-13-9-8-12(21)16(15(13)27)33(29,30)26(5)6/h7-10,17,27H,1-6H3,(H,22,24)(H,23,25)/t17-,32?/m0/s1. The van der Waals surface area contributed by atoms with E-state index in [9.17, 15) is 17.7 Å². The van der Waals surface area contributed by atoms with Gasteiger partial charge in [-0.2, -0.15) is 0 Å². The number of halogens is 1. The van der Waals surface area contributed by atoms with Gasteiger partial charge < -0.3 is 15.7 Å². The Kier molecular flexibility index (Phi) is 7.25. The molecule has 2 heterocycles. The first-order valence-corrected chi connectivity index (χ1v) is 13.5. The van der Waals surface area contributed by atoms with Gasteiger partial charge in [0.15, 0.2) is 17.4 Å². The first kappa shape index (κ1) is 25.6. The van der Waals surface area contributed by atoms with Gasteiger partial charge >= 0.3 is 0 Å². The molecule has 3 N–H and O–H groups in total. The molecule has 2 atom stereocenters. The minimum atomic E-state index is -4.02. The van der Waals surface area contributed by atoms with Gasteiger partial charge in [0.1, 0.15) is 4.90 Å². The Morgan fingerprint density at radius 3 is 2.33 bits per heavy atom. The van der Waals surface area contributed by atoms with Crippen molar-refractivity contribution < 1.29 is 17.7 Å². The van der Waals surface area contributed by atoms with Crippen molar-refractivity contribution in [3.63, 3.8) is 0 Å². The number of nitrogens with zero attached hydrogens (tertiary/aromatic N) is 3. The molecule has 0 spiro atoms. The summed E-state index contributed by atoms with van der Waals surface area (Å²) in [6, 6.07) is 6.66. The molecule has 3 rings (SSSR count). The quantitative estimate of drug-likeness (QED) is 0.503. The van der Waals surface area contributed by atoms with Gasteiger partial charge in [-0.25, -0.2) is 16.9 Å². The van der Waals surface area contributed by atoms with Gasteiger partial charge in [0, 0.05) is 23.8 Å². The Bertz CT molecular complexity index is 1260. The van der Waals surface area contributed by atoms with Crippen LogP contribution in [-0.2, 0) is 21.2 Å². The van der Waals surface area contributed by atoms with Crippen LogP contribution in [0.2, 0.25) is 5.02 Å². The number of nitrogens with one attached hydrogen (secondary N) is 2. The molecule has 33 heavy (non-hydrogen) atoms. The second-order valence-corrected chi connectivity index (χ2v) is 13.3. The minimum absolute atomic E-state index is 0.0336. The summed E-state index contributed by atoms with van der Waals surface area (Å²) in [6.45, 7) is 8.23. The normalized spacial score (nSPS) is 17.6. The fourth-order valence-electron chi connectivity index (χ4n) is 3.10. The zero-order valence-electron chi connectivity index (χ0n) is 19.0. The van der Waals surface area contributed by atoms with Crippen LogP contribution in [-0.4, -0.2) is 47.8 Å². The largest absolute Gasteiger partial charge is 0.504 e. The summed E-state index contributed by atoms with van der Waals surface area (Å²) in [6.07, 6.45) is 0. The number of hydrogen-bond acceptors (Lipinski definition) is 7. The molecule has 1 unspecified atom stereocenters. The number of amidine groups is 2. The van der Waals surface area contributed by atoms with E-state index in [4.69, 9.17) is 11.6 Å². The molecule has 0 saturated heterocycles. The van der Waals surface area contributed by atoms with Crippen LogP contribution in [0.25, 0.3) is 0 Å². The highest BCUT2D eigenvalue weighted by atomic mass is 35.5. The Hall–Kier alpha value is -1.99. The van der Waals surface area contributed by atoms with Crippen molar-refractivity contribution in [3.05, 3.63) is 39.0 Å². The average molecular weight is 532 g/mol. The van der Waals surface area contributed by atoms with Crippen molar-refractivity contribution in [1.29, 1.82) is 0 Å². The zero-order chi connectivity index (χ0) is 24.7. The van der Waals surface area contributed by atoms with Crippen LogP contribution in [0.1, 0.15) is 36.6 Å². The monoisotopic (exact) mass is 531 g/mol. The molecule has 0 fully saturated rings. The van der Waals surface area contributed by atoms with Crippen LogP contribution < -0.4 is 10.6 Å². The predicted molar refractivity (Wildman–Crippen MR) is 135 cm³/mol. The second kappa shape index (κ2) is 9.34. The summed E-state index contributed by atoms with van der Waals surface area (Å²) in [7, 11) is -1.35. The fraction of sp³-hybridized carbons (Fsp3) is 0.400. The van der Waals surface area contributed by atoms with Crippen LogP contribution in [0.3, 0.4) is 0 Å². The van der Waals surface area contributed by atoms with E-state index in [-0.39, 0.29) is 33.8 Å². The van der Waals surface area contributed by atoms with Crippen LogP contribution in [0.4, 0.5) is 5.69 Å². The molecule has 1 aromatic carbocycles. The summed E-state index contributed by atoms with van der Waals surface area (Å²) in [5, 5.41) is 16.8. The van der Waals surface area contributed by atoms with E-state index in [1.165, 1.54) is 26.2 Å². The highest BCUT2D eigenvalue weighted by Crippen LogP contribution is 2.39. The first-order chi connectivity index (χ1) is 15.2. The topological polar surface area (TPSA) is 123 Å². The van der Waals surface area contributed by atoms with Gasteiger partial charge in [-0.15, -0.1) is 20.1 Å². The SMILES string of the molecule is Cc1ccc([C@H](NC2=NS(=O)N=C2Nc2ccc(Cl)c(S(=O)(=O)N(C)C)c2O)C(C)(C)C)s1. The number of phenols is 1. The van der Waals surface area contributed by atoms with E-state index in [1.807, 2.05) is 19.1 Å². The lowest BCUT2D eigenvalue weighted by molar-refractivity contribution is 0.307. The molecule has 0 radical (unpaired) electrons.